The summed E-state index contributed by atoms with van der Waals surface area (Å²) < 4.78 is 4.52. The predicted molar refractivity (Wildman–Crippen MR) is 58.4 cm³/mol. The first-order valence-electron chi connectivity index (χ1n) is 4.69. The van der Waals surface area contributed by atoms with Crippen LogP contribution in [0.25, 0.3) is 10.9 Å². The summed E-state index contributed by atoms with van der Waals surface area (Å²) in [5, 5.41) is 0.392. The maximum absolute atomic E-state index is 11.9. The van der Waals surface area contributed by atoms with Crippen molar-refractivity contribution < 1.29 is 9.53 Å². The lowest BCUT2D eigenvalue weighted by Crippen LogP contribution is -2.17. The Hall–Kier alpha value is -2.17. The van der Waals surface area contributed by atoms with E-state index in [-0.39, 0.29) is 11.0 Å². The van der Waals surface area contributed by atoms with Gasteiger partial charge in [-0.2, -0.15) is 0 Å². The van der Waals surface area contributed by atoms with E-state index >= 15 is 0 Å². The number of aromatic amines is 1. The zero-order valence-corrected chi connectivity index (χ0v) is 8.90. The van der Waals surface area contributed by atoms with Gasteiger partial charge in [-0.25, -0.2) is 4.79 Å². The van der Waals surface area contributed by atoms with Crippen LogP contribution >= 0.6 is 0 Å². The van der Waals surface area contributed by atoms with Crippen molar-refractivity contribution in [3.05, 3.63) is 39.9 Å². The summed E-state index contributed by atoms with van der Waals surface area (Å²) in [6.45, 7) is 1.84. The van der Waals surface area contributed by atoms with Gasteiger partial charge in [-0.3, -0.25) is 9.78 Å². The standard InChI is InChI=1S/C11H10N2O3/c1-6-3-12-4-7-9(6)13-5-8(10(7)14)11(15)16-2/h3-5H,1-2H3,(H,13,14). The Morgan fingerprint density at radius 2 is 2.19 bits per heavy atom. The molecule has 0 aliphatic heterocycles. The molecule has 0 radical (unpaired) electrons. The molecule has 2 rings (SSSR count). The van der Waals surface area contributed by atoms with Gasteiger partial charge in [0.05, 0.1) is 18.0 Å². The summed E-state index contributed by atoms with van der Waals surface area (Å²) in [5.41, 5.74) is 1.16. The summed E-state index contributed by atoms with van der Waals surface area (Å²) in [6.07, 6.45) is 4.45. The van der Waals surface area contributed by atoms with Crippen molar-refractivity contribution in [3.8, 4) is 0 Å². The van der Waals surface area contributed by atoms with Gasteiger partial charge in [0.15, 0.2) is 0 Å². The monoisotopic (exact) mass is 218 g/mol. The highest BCUT2D eigenvalue weighted by Crippen LogP contribution is 2.11. The Morgan fingerprint density at radius 3 is 2.88 bits per heavy atom. The molecule has 82 valence electrons. The number of fused-ring (bicyclic) bond motifs is 1. The van der Waals surface area contributed by atoms with E-state index in [0.717, 1.165) is 5.56 Å². The quantitative estimate of drug-likeness (QED) is 0.725. The second-order valence-electron chi connectivity index (χ2n) is 3.40. The van der Waals surface area contributed by atoms with Gasteiger partial charge in [-0.05, 0) is 12.5 Å². The van der Waals surface area contributed by atoms with Gasteiger partial charge in [0.2, 0.25) is 5.43 Å². The Balaban J connectivity index is 2.81. The maximum Gasteiger partial charge on any atom is 0.343 e. The minimum Gasteiger partial charge on any atom is -0.465 e. The summed E-state index contributed by atoms with van der Waals surface area (Å²) in [6, 6.07) is 0. The van der Waals surface area contributed by atoms with Crippen molar-refractivity contribution in [1.29, 1.82) is 0 Å². The van der Waals surface area contributed by atoms with E-state index in [2.05, 4.69) is 14.7 Å². The lowest BCUT2D eigenvalue weighted by Gasteiger charge is -2.03. The fraction of sp³-hybridized carbons (Fsp3) is 0.182. The van der Waals surface area contributed by atoms with E-state index in [0.29, 0.717) is 10.9 Å². The number of nitrogens with one attached hydrogen (secondary N) is 1. The molecule has 2 aromatic heterocycles. The lowest BCUT2D eigenvalue weighted by atomic mass is 10.1. The van der Waals surface area contributed by atoms with Gasteiger partial charge in [0.25, 0.3) is 0 Å². The van der Waals surface area contributed by atoms with Gasteiger partial charge < -0.3 is 9.72 Å². The van der Waals surface area contributed by atoms with Gasteiger partial charge >= 0.3 is 5.97 Å². The number of aryl methyl sites for hydroxylation is 1. The fourth-order valence-electron chi connectivity index (χ4n) is 1.55. The van der Waals surface area contributed by atoms with Crippen molar-refractivity contribution >= 4 is 16.9 Å². The van der Waals surface area contributed by atoms with E-state index in [9.17, 15) is 9.59 Å². The van der Waals surface area contributed by atoms with Gasteiger partial charge in [-0.1, -0.05) is 0 Å². The number of hydrogen-bond acceptors (Lipinski definition) is 4. The van der Waals surface area contributed by atoms with E-state index in [1.807, 2.05) is 6.92 Å². The normalized spacial score (nSPS) is 10.4. The van der Waals surface area contributed by atoms with E-state index in [1.54, 1.807) is 6.20 Å². The average molecular weight is 218 g/mol. The maximum atomic E-state index is 11.9. The number of hydrogen-bond donors (Lipinski definition) is 1. The number of carbonyl (C=O) groups excluding carboxylic acids is 1. The first kappa shape index (κ1) is 10.4. The van der Waals surface area contributed by atoms with Gasteiger partial charge in [0, 0.05) is 18.6 Å². The van der Waals surface area contributed by atoms with E-state index in [4.69, 9.17) is 0 Å². The Bertz CT molecular complexity index is 616. The Kier molecular flexibility index (Phi) is 2.44. The molecule has 0 aliphatic rings. The summed E-state index contributed by atoms with van der Waals surface area (Å²) in [5.74, 6) is -0.648. The zero-order chi connectivity index (χ0) is 11.7. The fourth-order valence-corrected chi connectivity index (χ4v) is 1.55. The molecule has 0 spiro atoms. The highest BCUT2D eigenvalue weighted by Gasteiger charge is 2.13. The number of esters is 1. The molecule has 0 amide bonds. The predicted octanol–water partition coefficient (Wildman–Crippen LogP) is 1.02. The minimum absolute atomic E-state index is 0.0117. The SMILES string of the molecule is COC(=O)c1c[nH]c2c(C)cncc2c1=O. The van der Waals surface area contributed by atoms with Crippen molar-refractivity contribution in [1.82, 2.24) is 9.97 Å². The third kappa shape index (κ3) is 1.46. The number of H-pyrrole nitrogens is 1. The van der Waals surface area contributed by atoms with Crippen LogP contribution in [0.2, 0.25) is 0 Å². The van der Waals surface area contributed by atoms with E-state index in [1.165, 1.54) is 19.5 Å². The average Bonchev–Trinajstić information content (AvgIpc) is 2.30. The number of rotatable bonds is 1. The Morgan fingerprint density at radius 1 is 1.44 bits per heavy atom. The van der Waals surface area contributed by atoms with Crippen LogP contribution in [0.1, 0.15) is 15.9 Å². The summed E-state index contributed by atoms with van der Waals surface area (Å²) in [7, 11) is 1.24. The minimum atomic E-state index is -0.648. The number of pyridine rings is 2. The third-order valence-corrected chi connectivity index (χ3v) is 2.39. The number of ether oxygens (including phenoxy) is 1. The topological polar surface area (TPSA) is 72.1 Å². The van der Waals surface area contributed by atoms with Gasteiger partial charge in [0.1, 0.15) is 5.56 Å². The van der Waals surface area contributed by atoms with Crippen LogP contribution in [-0.2, 0) is 4.74 Å². The first-order chi connectivity index (χ1) is 7.65. The van der Waals surface area contributed by atoms with Gasteiger partial charge in [-0.15, -0.1) is 0 Å². The summed E-state index contributed by atoms with van der Waals surface area (Å²) >= 11 is 0. The molecular formula is C11H10N2O3. The number of aromatic nitrogens is 2. The highest BCUT2D eigenvalue weighted by molar-refractivity contribution is 5.93. The third-order valence-electron chi connectivity index (χ3n) is 2.39. The molecule has 0 saturated heterocycles. The van der Waals surface area contributed by atoms with Crippen LogP contribution < -0.4 is 5.43 Å². The van der Waals surface area contributed by atoms with Crippen LogP contribution in [0.4, 0.5) is 0 Å². The van der Waals surface area contributed by atoms with Crippen molar-refractivity contribution in [3.63, 3.8) is 0 Å². The van der Waals surface area contributed by atoms with Crippen molar-refractivity contribution in [2.75, 3.05) is 7.11 Å². The number of methoxy groups -OCH3 is 1. The van der Waals surface area contributed by atoms with Crippen molar-refractivity contribution in [2.45, 2.75) is 6.92 Å². The Labute approximate surface area is 91.1 Å². The van der Waals surface area contributed by atoms with Crippen molar-refractivity contribution in [2.24, 2.45) is 0 Å². The van der Waals surface area contributed by atoms with Crippen LogP contribution in [0.5, 0.6) is 0 Å². The summed E-state index contributed by atoms with van der Waals surface area (Å²) in [4.78, 5) is 30.1. The molecule has 0 unspecified atom stereocenters. The molecular weight excluding hydrogens is 208 g/mol. The molecule has 0 fully saturated rings. The second kappa shape index (κ2) is 3.77. The second-order valence-corrected chi connectivity index (χ2v) is 3.40. The van der Waals surface area contributed by atoms with Crippen LogP contribution in [-0.4, -0.2) is 23.0 Å². The van der Waals surface area contributed by atoms with Crippen LogP contribution in [0.15, 0.2) is 23.4 Å². The molecule has 0 aromatic carbocycles. The molecule has 1 N–H and O–H groups in total. The molecule has 0 saturated carbocycles. The smallest absolute Gasteiger partial charge is 0.343 e. The molecule has 16 heavy (non-hydrogen) atoms. The molecule has 0 atom stereocenters. The molecule has 2 aromatic rings. The van der Waals surface area contributed by atoms with Crippen LogP contribution in [0, 0.1) is 6.92 Å². The number of nitrogens with zero attached hydrogens (tertiary/aromatic N) is 1. The molecule has 5 nitrogen and oxygen atoms in total. The lowest BCUT2D eigenvalue weighted by molar-refractivity contribution is 0.0599. The molecule has 0 bridgehead atoms. The van der Waals surface area contributed by atoms with E-state index < -0.39 is 5.97 Å². The number of carbonyl (C=O) groups is 1. The van der Waals surface area contributed by atoms with Crippen LogP contribution in [0.3, 0.4) is 0 Å². The molecule has 5 heteroatoms. The largest absolute Gasteiger partial charge is 0.465 e. The highest BCUT2D eigenvalue weighted by atomic mass is 16.5. The molecule has 2 heterocycles. The zero-order valence-electron chi connectivity index (χ0n) is 8.90. The molecule has 0 aliphatic carbocycles. The first-order valence-corrected chi connectivity index (χ1v) is 4.69.